The van der Waals surface area contributed by atoms with Crippen LogP contribution in [0.25, 0.3) is 0 Å². The first kappa shape index (κ1) is 13.2. The Kier molecular flexibility index (Phi) is 4.09. The molecule has 0 spiro atoms. The number of nitrogens with zero attached hydrogens (tertiary/aromatic N) is 1. The molecule has 1 aromatic carbocycles. The number of H-pyrrole nitrogens is 1. The molecule has 0 bridgehead atoms. The van der Waals surface area contributed by atoms with E-state index in [1.54, 1.807) is 6.92 Å². The summed E-state index contributed by atoms with van der Waals surface area (Å²) in [5.74, 6) is 0.728. The third-order valence-corrected chi connectivity index (χ3v) is 3.82. The Bertz CT molecular complexity index is 625. The Morgan fingerprint density at radius 2 is 2.17 bits per heavy atom. The van der Waals surface area contributed by atoms with Crippen LogP contribution in [0.1, 0.15) is 16.8 Å². The molecular formula is C13H13ClN2OS. The van der Waals surface area contributed by atoms with E-state index in [9.17, 15) is 4.79 Å². The molecule has 94 valence electrons. The highest BCUT2D eigenvalue weighted by Gasteiger charge is 2.04. The molecule has 0 fully saturated rings. The van der Waals surface area contributed by atoms with Crippen LogP contribution in [0.2, 0.25) is 5.02 Å². The van der Waals surface area contributed by atoms with Crippen molar-refractivity contribution in [1.29, 1.82) is 0 Å². The number of hydrogen-bond donors (Lipinski definition) is 1. The van der Waals surface area contributed by atoms with Gasteiger partial charge in [-0.15, -0.1) is 0 Å². The van der Waals surface area contributed by atoms with Gasteiger partial charge in [-0.1, -0.05) is 35.5 Å². The van der Waals surface area contributed by atoms with Crippen molar-refractivity contribution in [2.24, 2.45) is 0 Å². The normalized spacial score (nSPS) is 10.6. The number of aryl methyl sites for hydroxylation is 1. The van der Waals surface area contributed by atoms with E-state index in [4.69, 9.17) is 11.6 Å². The summed E-state index contributed by atoms with van der Waals surface area (Å²) in [6, 6.07) is 7.66. The number of nitrogens with one attached hydrogen (secondary N) is 1. The van der Waals surface area contributed by atoms with Gasteiger partial charge in [0.1, 0.15) is 0 Å². The minimum Gasteiger partial charge on any atom is -0.301 e. The van der Waals surface area contributed by atoms with Crippen molar-refractivity contribution >= 4 is 23.4 Å². The van der Waals surface area contributed by atoms with Gasteiger partial charge < -0.3 is 4.98 Å². The number of benzene rings is 1. The molecule has 2 rings (SSSR count). The van der Waals surface area contributed by atoms with Gasteiger partial charge in [0, 0.05) is 22.0 Å². The van der Waals surface area contributed by atoms with E-state index in [-0.39, 0.29) is 5.56 Å². The van der Waals surface area contributed by atoms with Gasteiger partial charge in [-0.25, -0.2) is 4.98 Å². The van der Waals surface area contributed by atoms with Crippen LogP contribution in [-0.4, -0.2) is 9.97 Å². The van der Waals surface area contributed by atoms with Crippen LogP contribution < -0.4 is 5.56 Å². The quantitative estimate of drug-likeness (QED) is 0.693. The fourth-order valence-corrected chi connectivity index (χ4v) is 2.53. The van der Waals surface area contributed by atoms with Crippen LogP contribution in [0, 0.1) is 13.8 Å². The van der Waals surface area contributed by atoms with E-state index in [0.29, 0.717) is 10.7 Å². The topological polar surface area (TPSA) is 45.8 Å². The molecule has 0 amide bonds. The van der Waals surface area contributed by atoms with Gasteiger partial charge in [0.25, 0.3) is 5.56 Å². The second kappa shape index (κ2) is 5.59. The molecule has 5 heteroatoms. The van der Waals surface area contributed by atoms with E-state index in [1.165, 1.54) is 11.8 Å². The summed E-state index contributed by atoms with van der Waals surface area (Å²) in [5, 5.41) is 1.36. The molecule has 1 heterocycles. The van der Waals surface area contributed by atoms with E-state index >= 15 is 0 Å². The third kappa shape index (κ3) is 3.15. The SMILES string of the molecule is Cc1nc(SCc2cccc(Cl)c2)[nH]c(=O)c1C. The average molecular weight is 281 g/mol. The summed E-state index contributed by atoms with van der Waals surface area (Å²) < 4.78 is 0. The highest BCUT2D eigenvalue weighted by atomic mass is 35.5. The van der Waals surface area contributed by atoms with Crippen LogP contribution in [0.15, 0.2) is 34.2 Å². The monoisotopic (exact) mass is 280 g/mol. The molecule has 0 atom stereocenters. The Morgan fingerprint density at radius 3 is 2.83 bits per heavy atom. The molecule has 18 heavy (non-hydrogen) atoms. The molecule has 0 radical (unpaired) electrons. The lowest BCUT2D eigenvalue weighted by atomic mass is 10.2. The van der Waals surface area contributed by atoms with Gasteiger partial charge in [-0.05, 0) is 31.5 Å². The first-order chi connectivity index (χ1) is 8.56. The van der Waals surface area contributed by atoms with E-state index in [2.05, 4.69) is 9.97 Å². The van der Waals surface area contributed by atoms with E-state index in [0.717, 1.165) is 22.0 Å². The van der Waals surface area contributed by atoms with E-state index in [1.807, 2.05) is 31.2 Å². The smallest absolute Gasteiger partial charge is 0.254 e. The Balaban J connectivity index is 2.14. The largest absolute Gasteiger partial charge is 0.301 e. The summed E-state index contributed by atoms with van der Waals surface area (Å²) in [6.45, 7) is 3.61. The van der Waals surface area contributed by atoms with Gasteiger partial charge in [-0.3, -0.25) is 4.79 Å². The first-order valence-electron chi connectivity index (χ1n) is 5.51. The van der Waals surface area contributed by atoms with Crippen molar-refractivity contribution in [2.75, 3.05) is 0 Å². The van der Waals surface area contributed by atoms with Crippen molar-refractivity contribution in [3.05, 3.63) is 56.5 Å². The summed E-state index contributed by atoms with van der Waals surface area (Å²) in [5.41, 5.74) is 2.47. The van der Waals surface area contributed by atoms with Gasteiger partial charge in [0.15, 0.2) is 5.16 Å². The Morgan fingerprint density at radius 1 is 1.39 bits per heavy atom. The number of hydrogen-bond acceptors (Lipinski definition) is 3. The number of rotatable bonds is 3. The molecule has 0 saturated heterocycles. The molecule has 1 N–H and O–H groups in total. The maximum absolute atomic E-state index is 11.6. The average Bonchev–Trinajstić information content (AvgIpc) is 2.33. The van der Waals surface area contributed by atoms with Crippen LogP contribution >= 0.6 is 23.4 Å². The van der Waals surface area contributed by atoms with Gasteiger partial charge in [0.05, 0.1) is 0 Å². The molecule has 2 aromatic rings. The second-order valence-electron chi connectivity index (χ2n) is 4.00. The van der Waals surface area contributed by atoms with Gasteiger partial charge in [0.2, 0.25) is 0 Å². The standard InChI is InChI=1S/C13H13ClN2OS/c1-8-9(2)15-13(16-12(8)17)18-7-10-4-3-5-11(14)6-10/h3-6H,7H2,1-2H3,(H,15,16,17). The fourth-order valence-electron chi connectivity index (χ4n) is 1.47. The van der Waals surface area contributed by atoms with Crippen LogP contribution in [-0.2, 0) is 5.75 Å². The maximum atomic E-state index is 11.6. The Hall–Kier alpha value is -1.26. The highest BCUT2D eigenvalue weighted by molar-refractivity contribution is 7.98. The van der Waals surface area contributed by atoms with E-state index < -0.39 is 0 Å². The van der Waals surface area contributed by atoms with Crippen LogP contribution in [0.4, 0.5) is 0 Å². The minimum absolute atomic E-state index is 0.0731. The van der Waals surface area contributed by atoms with Crippen LogP contribution in [0.5, 0.6) is 0 Å². The Labute approximate surface area is 115 Å². The van der Waals surface area contributed by atoms with Crippen molar-refractivity contribution in [1.82, 2.24) is 9.97 Å². The van der Waals surface area contributed by atoms with Crippen molar-refractivity contribution in [2.45, 2.75) is 24.8 Å². The summed E-state index contributed by atoms with van der Waals surface area (Å²) in [4.78, 5) is 18.7. The molecule has 0 aliphatic carbocycles. The van der Waals surface area contributed by atoms with Crippen LogP contribution in [0.3, 0.4) is 0 Å². The summed E-state index contributed by atoms with van der Waals surface area (Å²) in [7, 11) is 0. The van der Waals surface area contributed by atoms with Crippen molar-refractivity contribution in [3.8, 4) is 0 Å². The zero-order valence-electron chi connectivity index (χ0n) is 10.2. The van der Waals surface area contributed by atoms with Crippen molar-refractivity contribution in [3.63, 3.8) is 0 Å². The maximum Gasteiger partial charge on any atom is 0.254 e. The first-order valence-corrected chi connectivity index (χ1v) is 6.87. The number of aromatic nitrogens is 2. The predicted octanol–water partition coefficient (Wildman–Crippen LogP) is 3.33. The lowest BCUT2D eigenvalue weighted by Gasteiger charge is -2.04. The molecule has 0 unspecified atom stereocenters. The predicted molar refractivity (Wildman–Crippen MR) is 75.3 cm³/mol. The number of thioether (sulfide) groups is 1. The molecule has 3 nitrogen and oxygen atoms in total. The van der Waals surface area contributed by atoms with Gasteiger partial charge in [-0.2, -0.15) is 0 Å². The van der Waals surface area contributed by atoms with Gasteiger partial charge >= 0.3 is 0 Å². The second-order valence-corrected chi connectivity index (χ2v) is 5.40. The highest BCUT2D eigenvalue weighted by Crippen LogP contribution is 2.20. The molecular weight excluding hydrogens is 268 g/mol. The third-order valence-electron chi connectivity index (χ3n) is 2.64. The minimum atomic E-state index is -0.0731. The number of halogens is 1. The zero-order valence-corrected chi connectivity index (χ0v) is 11.7. The zero-order chi connectivity index (χ0) is 13.1. The lowest BCUT2D eigenvalue weighted by Crippen LogP contribution is -2.13. The summed E-state index contributed by atoms with van der Waals surface area (Å²) >= 11 is 7.41. The number of aromatic amines is 1. The fraction of sp³-hybridized carbons (Fsp3) is 0.231. The van der Waals surface area contributed by atoms with Crippen molar-refractivity contribution < 1.29 is 0 Å². The lowest BCUT2D eigenvalue weighted by molar-refractivity contribution is 0.883. The summed E-state index contributed by atoms with van der Waals surface area (Å²) in [6.07, 6.45) is 0. The molecule has 0 aliphatic rings. The molecule has 1 aromatic heterocycles. The molecule has 0 aliphatic heterocycles. The molecule has 0 saturated carbocycles.